The fourth-order valence-corrected chi connectivity index (χ4v) is 3.57. The Bertz CT molecular complexity index is 894. The molecule has 1 aliphatic carbocycles. The molecule has 2 aromatic carbocycles. The van der Waals surface area contributed by atoms with Crippen LogP contribution in [-0.2, 0) is 0 Å². The molecule has 0 spiro atoms. The Kier molecular flexibility index (Phi) is 8.33. The normalized spacial score (nSPS) is 17.7. The van der Waals surface area contributed by atoms with Gasteiger partial charge in [-0.05, 0) is 73.7 Å². The Balaban J connectivity index is 1.56. The van der Waals surface area contributed by atoms with Gasteiger partial charge in [-0.25, -0.2) is 0 Å². The lowest BCUT2D eigenvalue weighted by Crippen LogP contribution is -2.08. The Hall–Kier alpha value is -2.56. The van der Waals surface area contributed by atoms with Crippen molar-refractivity contribution in [2.45, 2.75) is 58.2 Å². The third kappa shape index (κ3) is 6.98. The predicted octanol–water partition coefficient (Wildman–Crippen LogP) is 5.42. The van der Waals surface area contributed by atoms with E-state index in [0.717, 1.165) is 23.5 Å². The molecule has 0 heterocycles. The van der Waals surface area contributed by atoms with Gasteiger partial charge in [-0.3, -0.25) is 0 Å². The van der Waals surface area contributed by atoms with Gasteiger partial charge in [0.05, 0.1) is 25.4 Å². The summed E-state index contributed by atoms with van der Waals surface area (Å²) in [5.41, 5.74) is 4.79. The second-order valence-corrected chi connectivity index (χ2v) is 8.38. The highest BCUT2D eigenvalue weighted by Gasteiger charge is 2.13. The van der Waals surface area contributed by atoms with E-state index >= 15 is 0 Å². The zero-order valence-electron chi connectivity index (χ0n) is 18.8. The second kappa shape index (κ2) is 11.2. The Morgan fingerprint density at radius 3 is 2.19 bits per heavy atom. The zero-order chi connectivity index (χ0) is 22.2. The lowest BCUT2D eigenvalue weighted by molar-refractivity contribution is 0.155. The number of hydrogen-bond donors (Lipinski definition) is 2. The van der Waals surface area contributed by atoms with Gasteiger partial charge in [0.1, 0.15) is 11.5 Å². The fraction of sp³-hybridized carbons (Fsp3) is 0.407. The number of aliphatic hydroxyl groups excluding tert-OH is 2. The van der Waals surface area contributed by atoms with Gasteiger partial charge in [-0.15, -0.1) is 0 Å². The number of hydrogen-bond acceptors (Lipinski definition) is 4. The molecule has 0 aliphatic heterocycles. The fourth-order valence-electron chi connectivity index (χ4n) is 3.57. The molecule has 0 fully saturated rings. The quantitative estimate of drug-likeness (QED) is 0.537. The lowest BCUT2D eigenvalue weighted by Gasteiger charge is -2.18. The maximum atomic E-state index is 9.37. The van der Waals surface area contributed by atoms with Crippen molar-refractivity contribution in [3.63, 3.8) is 0 Å². The average molecular weight is 423 g/mol. The van der Waals surface area contributed by atoms with Crippen LogP contribution in [-0.4, -0.2) is 35.6 Å². The molecule has 3 unspecified atom stereocenters. The number of benzene rings is 2. The highest BCUT2D eigenvalue weighted by Crippen LogP contribution is 2.32. The van der Waals surface area contributed by atoms with Crippen molar-refractivity contribution < 1.29 is 19.7 Å². The predicted molar refractivity (Wildman–Crippen MR) is 126 cm³/mol. The molecular weight excluding hydrogens is 388 g/mol. The summed E-state index contributed by atoms with van der Waals surface area (Å²) < 4.78 is 11.5. The number of aliphatic hydroxyl groups is 2. The minimum Gasteiger partial charge on any atom is -0.493 e. The van der Waals surface area contributed by atoms with Gasteiger partial charge < -0.3 is 19.7 Å². The van der Waals surface area contributed by atoms with Crippen molar-refractivity contribution in [3.05, 3.63) is 77.4 Å². The number of rotatable bonds is 10. The van der Waals surface area contributed by atoms with Crippen LogP contribution in [0.15, 0.2) is 60.7 Å². The Morgan fingerprint density at radius 1 is 0.935 bits per heavy atom. The average Bonchev–Trinajstić information content (AvgIpc) is 2.75. The maximum Gasteiger partial charge on any atom is 0.122 e. The highest BCUT2D eigenvalue weighted by atomic mass is 16.5. The summed E-state index contributed by atoms with van der Waals surface area (Å²) in [6.45, 7) is 6.65. The van der Waals surface area contributed by atoms with Crippen LogP contribution in [0.25, 0.3) is 5.57 Å². The third-order valence-electron chi connectivity index (χ3n) is 5.51. The lowest BCUT2D eigenvalue weighted by atomic mass is 9.88. The standard InChI is InChI=1S/C27H34O4/c1-19-18-25(10-13-27(19)31-17-15-21(3)29)24-6-4-22(5-7-24)23-8-11-26(12-9-23)30-16-14-20(2)28/h4,6-13,18,20-22,28-29H,5,14-17H2,1-3H3. The van der Waals surface area contributed by atoms with Gasteiger partial charge >= 0.3 is 0 Å². The van der Waals surface area contributed by atoms with Crippen molar-refractivity contribution in [1.29, 1.82) is 0 Å². The highest BCUT2D eigenvalue weighted by molar-refractivity contribution is 5.76. The molecule has 1 aliphatic rings. The second-order valence-electron chi connectivity index (χ2n) is 8.38. The van der Waals surface area contributed by atoms with E-state index in [9.17, 15) is 10.2 Å². The molecular formula is C27H34O4. The van der Waals surface area contributed by atoms with Crippen LogP contribution < -0.4 is 9.47 Å². The Labute approximate surface area is 185 Å². The summed E-state index contributed by atoms with van der Waals surface area (Å²) in [7, 11) is 0. The van der Waals surface area contributed by atoms with Gasteiger partial charge in [-0.1, -0.05) is 36.4 Å². The van der Waals surface area contributed by atoms with E-state index in [-0.39, 0.29) is 12.2 Å². The molecule has 0 bridgehead atoms. The van der Waals surface area contributed by atoms with Gasteiger partial charge in [0.15, 0.2) is 0 Å². The monoisotopic (exact) mass is 422 g/mol. The molecule has 0 aromatic heterocycles. The topological polar surface area (TPSA) is 58.9 Å². The van der Waals surface area contributed by atoms with Crippen molar-refractivity contribution in [3.8, 4) is 11.5 Å². The van der Waals surface area contributed by atoms with E-state index in [2.05, 4.69) is 49.4 Å². The van der Waals surface area contributed by atoms with Gasteiger partial charge in [0, 0.05) is 18.8 Å². The van der Waals surface area contributed by atoms with Gasteiger partial charge in [-0.2, -0.15) is 0 Å². The van der Waals surface area contributed by atoms with Crippen LogP contribution in [0.5, 0.6) is 11.5 Å². The van der Waals surface area contributed by atoms with Crippen molar-refractivity contribution in [1.82, 2.24) is 0 Å². The van der Waals surface area contributed by atoms with E-state index in [0.29, 0.717) is 32.0 Å². The SMILES string of the molecule is Cc1cc(C2=CCC(c3ccc(OCCC(C)O)cc3)C=C2)ccc1OCCC(C)O. The molecule has 4 nitrogen and oxygen atoms in total. The molecule has 3 rings (SSSR count). The van der Waals surface area contributed by atoms with Gasteiger partial charge in [0.2, 0.25) is 0 Å². The summed E-state index contributed by atoms with van der Waals surface area (Å²) in [5.74, 6) is 2.07. The van der Waals surface area contributed by atoms with Crippen LogP contribution in [0.4, 0.5) is 0 Å². The minimum atomic E-state index is -0.344. The smallest absolute Gasteiger partial charge is 0.122 e. The molecule has 31 heavy (non-hydrogen) atoms. The zero-order valence-corrected chi connectivity index (χ0v) is 18.8. The molecule has 2 N–H and O–H groups in total. The summed E-state index contributed by atoms with van der Waals surface area (Å²) in [5, 5.41) is 18.7. The maximum absolute atomic E-state index is 9.37. The molecule has 4 heteroatoms. The number of ether oxygens (including phenoxy) is 2. The van der Waals surface area contributed by atoms with Gasteiger partial charge in [0.25, 0.3) is 0 Å². The van der Waals surface area contributed by atoms with E-state index < -0.39 is 0 Å². The summed E-state index contributed by atoms with van der Waals surface area (Å²) in [6.07, 6.45) is 8.30. The molecule has 0 amide bonds. The van der Waals surface area contributed by atoms with E-state index in [1.165, 1.54) is 16.7 Å². The molecule has 0 saturated carbocycles. The minimum absolute atomic E-state index is 0.338. The molecule has 3 atom stereocenters. The Morgan fingerprint density at radius 2 is 1.61 bits per heavy atom. The van der Waals surface area contributed by atoms with Crippen molar-refractivity contribution >= 4 is 5.57 Å². The first kappa shape index (κ1) is 23.1. The molecule has 0 saturated heterocycles. The van der Waals surface area contributed by atoms with E-state index in [1.54, 1.807) is 13.8 Å². The summed E-state index contributed by atoms with van der Waals surface area (Å²) in [4.78, 5) is 0. The van der Waals surface area contributed by atoms with Crippen molar-refractivity contribution in [2.24, 2.45) is 0 Å². The first-order chi connectivity index (χ1) is 14.9. The van der Waals surface area contributed by atoms with Crippen LogP contribution in [0.2, 0.25) is 0 Å². The van der Waals surface area contributed by atoms with Crippen LogP contribution in [0.1, 0.15) is 55.7 Å². The number of aryl methyl sites for hydroxylation is 1. The van der Waals surface area contributed by atoms with Crippen LogP contribution in [0.3, 0.4) is 0 Å². The third-order valence-corrected chi connectivity index (χ3v) is 5.51. The summed E-state index contributed by atoms with van der Waals surface area (Å²) >= 11 is 0. The van der Waals surface area contributed by atoms with E-state index in [1.807, 2.05) is 18.2 Å². The van der Waals surface area contributed by atoms with Crippen LogP contribution >= 0.6 is 0 Å². The van der Waals surface area contributed by atoms with Crippen molar-refractivity contribution in [2.75, 3.05) is 13.2 Å². The molecule has 0 radical (unpaired) electrons. The first-order valence-electron chi connectivity index (χ1n) is 11.1. The number of allylic oxidation sites excluding steroid dienone is 4. The van der Waals surface area contributed by atoms with E-state index in [4.69, 9.17) is 9.47 Å². The summed E-state index contributed by atoms with van der Waals surface area (Å²) in [6, 6.07) is 14.5. The first-order valence-corrected chi connectivity index (χ1v) is 11.1. The largest absolute Gasteiger partial charge is 0.493 e. The molecule has 2 aromatic rings. The van der Waals surface area contributed by atoms with Crippen LogP contribution in [0, 0.1) is 6.92 Å². The molecule has 166 valence electrons.